The van der Waals surface area contributed by atoms with Crippen molar-refractivity contribution in [3.8, 4) is 5.69 Å². The van der Waals surface area contributed by atoms with Crippen molar-refractivity contribution in [2.24, 2.45) is 0 Å². The standard InChI is InChI=1S/C20H21N5O2S/c1-3-15-6-4-7-16(10-15)23-19(27)12-28-20-24-21-13-25(20)18-9-5-8-17(11-18)22-14(2)26/h4-11,13H,3,12H2,1-2H3,(H,22,26)(H,23,27). The van der Waals surface area contributed by atoms with E-state index in [9.17, 15) is 9.59 Å². The molecule has 2 aromatic carbocycles. The Balaban J connectivity index is 1.66. The molecule has 0 aliphatic carbocycles. The third-order valence-electron chi connectivity index (χ3n) is 3.91. The van der Waals surface area contributed by atoms with Gasteiger partial charge in [0.15, 0.2) is 5.16 Å². The fourth-order valence-electron chi connectivity index (χ4n) is 2.63. The van der Waals surface area contributed by atoms with Crippen LogP contribution < -0.4 is 10.6 Å². The van der Waals surface area contributed by atoms with Crippen LogP contribution in [0.1, 0.15) is 19.4 Å². The normalized spacial score (nSPS) is 10.5. The molecule has 3 aromatic rings. The number of carbonyl (C=O) groups excluding carboxylic acids is 2. The molecule has 1 heterocycles. The van der Waals surface area contributed by atoms with Crippen molar-refractivity contribution in [2.75, 3.05) is 16.4 Å². The van der Waals surface area contributed by atoms with E-state index in [1.807, 2.05) is 42.5 Å². The zero-order valence-electron chi connectivity index (χ0n) is 15.7. The van der Waals surface area contributed by atoms with Crippen molar-refractivity contribution in [1.82, 2.24) is 14.8 Å². The number of carbonyl (C=O) groups is 2. The Morgan fingerprint density at radius 2 is 1.82 bits per heavy atom. The number of nitrogens with zero attached hydrogens (tertiary/aromatic N) is 3. The van der Waals surface area contributed by atoms with Gasteiger partial charge in [-0.15, -0.1) is 10.2 Å². The van der Waals surface area contributed by atoms with Gasteiger partial charge in [0.2, 0.25) is 11.8 Å². The van der Waals surface area contributed by atoms with Gasteiger partial charge in [0, 0.05) is 18.3 Å². The lowest BCUT2D eigenvalue weighted by Crippen LogP contribution is -2.14. The Morgan fingerprint density at radius 1 is 1.07 bits per heavy atom. The minimum atomic E-state index is -0.140. The Morgan fingerprint density at radius 3 is 2.57 bits per heavy atom. The van der Waals surface area contributed by atoms with E-state index < -0.39 is 0 Å². The number of rotatable bonds is 7. The van der Waals surface area contributed by atoms with Crippen LogP contribution in [0, 0.1) is 0 Å². The van der Waals surface area contributed by atoms with Gasteiger partial charge in [-0.05, 0) is 42.3 Å². The van der Waals surface area contributed by atoms with Gasteiger partial charge in [0.25, 0.3) is 0 Å². The van der Waals surface area contributed by atoms with Gasteiger partial charge in [0.1, 0.15) is 6.33 Å². The fraction of sp³-hybridized carbons (Fsp3) is 0.200. The van der Waals surface area contributed by atoms with E-state index in [4.69, 9.17) is 0 Å². The summed E-state index contributed by atoms with van der Waals surface area (Å²) < 4.78 is 1.78. The monoisotopic (exact) mass is 395 g/mol. The molecule has 2 amide bonds. The number of thioether (sulfide) groups is 1. The van der Waals surface area contributed by atoms with Crippen molar-refractivity contribution in [3.05, 3.63) is 60.4 Å². The molecule has 0 radical (unpaired) electrons. The van der Waals surface area contributed by atoms with Crippen LogP contribution in [0.4, 0.5) is 11.4 Å². The summed E-state index contributed by atoms with van der Waals surface area (Å²) in [4.78, 5) is 23.5. The summed E-state index contributed by atoms with van der Waals surface area (Å²) in [7, 11) is 0. The third-order valence-corrected chi connectivity index (χ3v) is 4.86. The highest BCUT2D eigenvalue weighted by atomic mass is 32.2. The summed E-state index contributed by atoms with van der Waals surface area (Å²) in [5, 5.41) is 14.3. The van der Waals surface area contributed by atoms with Gasteiger partial charge in [-0.2, -0.15) is 0 Å². The average molecular weight is 395 g/mol. The first-order valence-electron chi connectivity index (χ1n) is 8.85. The van der Waals surface area contributed by atoms with E-state index in [2.05, 4.69) is 27.8 Å². The maximum absolute atomic E-state index is 12.3. The van der Waals surface area contributed by atoms with Crippen molar-refractivity contribution in [1.29, 1.82) is 0 Å². The molecule has 7 nitrogen and oxygen atoms in total. The highest BCUT2D eigenvalue weighted by Gasteiger charge is 2.11. The Labute approximate surface area is 167 Å². The number of hydrogen-bond donors (Lipinski definition) is 2. The van der Waals surface area contributed by atoms with Crippen LogP contribution >= 0.6 is 11.8 Å². The van der Waals surface area contributed by atoms with Crippen LogP contribution in [0.15, 0.2) is 60.0 Å². The molecule has 0 fully saturated rings. The van der Waals surface area contributed by atoms with Crippen LogP contribution in [0.25, 0.3) is 5.69 Å². The van der Waals surface area contributed by atoms with Gasteiger partial charge in [-0.3, -0.25) is 14.2 Å². The molecule has 3 rings (SSSR count). The zero-order valence-corrected chi connectivity index (χ0v) is 16.5. The minimum absolute atomic E-state index is 0.111. The fourth-order valence-corrected chi connectivity index (χ4v) is 3.36. The summed E-state index contributed by atoms with van der Waals surface area (Å²) in [6.07, 6.45) is 2.50. The maximum Gasteiger partial charge on any atom is 0.234 e. The smallest absolute Gasteiger partial charge is 0.234 e. The summed E-state index contributed by atoms with van der Waals surface area (Å²) in [6, 6.07) is 15.2. The minimum Gasteiger partial charge on any atom is -0.326 e. The van der Waals surface area contributed by atoms with E-state index in [0.29, 0.717) is 10.8 Å². The van der Waals surface area contributed by atoms with Gasteiger partial charge in [-0.1, -0.05) is 36.9 Å². The van der Waals surface area contributed by atoms with E-state index in [1.54, 1.807) is 17.0 Å². The van der Waals surface area contributed by atoms with Gasteiger partial charge < -0.3 is 10.6 Å². The van der Waals surface area contributed by atoms with E-state index in [-0.39, 0.29) is 17.6 Å². The molecule has 0 atom stereocenters. The van der Waals surface area contributed by atoms with Crippen molar-refractivity contribution >= 4 is 35.0 Å². The van der Waals surface area contributed by atoms with Crippen LogP contribution in [0.3, 0.4) is 0 Å². The second kappa shape index (κ2) is 9.18. The molecule has 0 bridgehead atoms. The molecule has 1 aromatic heterocycles. The highest BCUT2D eigenvalue weighted by molar-refractivity contribution is 7.99. The lowest BCUT2D eigenvalue weighted by Gasteiger charge is -2.09. The summed E-state index contributed by atoms with van der Waals surface area (Å²) in [5.41, 5.74) is 3.44. The van der Waals surface area contributed by atoms with Gasteiger partial charge in [-0.25, -0.2) is 0 Å². The third kappa shape index (κ3) is 5.20. The van der Waals surface area contributed by atoms with Crippen molar-refractivity contribution in [3.63, 3.8) is 0 Å². The SMILES string of the molecule is CCc1cccc(NC(=O)CSc2nncn2-c2cccc(NC(C)=O)c2)c1. The largest absolute Gasteiger partial charge is 0.326 e. The predicted molar refractivity (Wildman–Crippen MR) is 111 cm³/mol. The molecule has 8 heteroatoms. The Kier molecular flexibility index (Phi) is 6.44. The van der Waals surface area contributed by atoms with Crippen LogP contribution in [0.2, 0.25) is 0 Å². The number of nitrogens with one attached hydrogen (secondary N) is 2. The zero-order chi connectivity index (χ0) is 19.9. The molecular weight excluding hydrogens is 374 g/mol. The molecule has 0 saturated carbocycles. The quantitative estimate of drug-likeness (QED) is 0.598. The topological polar surface area (TPSA) is 88.9 Å². The number of aromatic nitrogens is 3. The predicted octanol–water partition coefficient (Wildman–Crippen LogP) is 3.52. The molecule has 0 aliphatic heterocycles. The van der Waals surface area contributed by atoms with E-state index >= 15 is 0 Å². The van der Waals surface area contributed by atoms with Gasteiger partial charge >= 0.3 is 0 Å². The second-order valence-corrected chi connectivity index (χ2v) is 7.05. The lowest BCUT2D eigenvalue weighted by atomic mass is 10.1. The molecule has 28 heavy (non-hydrogen) atoms. The molecule has 0 aliphatic rings. The van der Waals surface area contributed by atoms with Gasteiger partial charge in [0.05, 0.1) is 11.4 Å². The molecule has 0 spiro atoms. The number of hydrogen-bond acceptors (Lipinski definition) is 5. The summed E-state index contributed by atoms with van der Waals surface area (Å²) in [6.45, 7) is 3.53. The van der Waals surface area contributed by atoms with Crippen molar-refractivity contribution in [2.45, 2.75) is 25.4 Å². The van der Waals surface area contributed by atoms with E-state index in [1.165, 1.54) is 24.2 Å². The number of amides is 2. The first-order chi connectivity index (χ1) is 13.5. The lowest BCUT2D eigenvalue weighted by molar-refractivity contribution is -0.114. The molecule has 0 saturated heterocycles. The van der Waals surface area contributed by atoms with Crippen LogP contribution in [0.5, 0.6) is 0 Å². The number of aryl methyl sites for hydroxylation is 1. The van der Waals surface area contributed by atoms with Crippen molar-refractivity contribution < 1.29 is 9.59 Å². The van der Waals surface area contributed by atoms with E-state index in [0.717, 1.165) is 17.8 Å². The summed E-state index contributed by atoms with van der Waals surface area (Å²) >= 11 is 1.30. The first kappa shape index (κ1) is 19.6. The molecule has 2 N–H and O–H groups in total. The highest BCUT2D eigenvalue weighted by Crippen LogP contribution is 2.22. The van der Waals surface area contributed by atoms with Crippen LogP contribution in [-0.4, -0.2) is 32.3 Å². The molecular formula is C20H21N5O2S. The Hall–Kier alpha value is -3.13. The Bertz CT molecular complexity index is 986. The molecule has 0 unspecified atom stereocenters. The molecule has 144 valence electrons. The maximum atomic E-state index is 12.3. The number of anilines is 2. The van der Waals surface area contributed by atoms with Crippen LogP contribution in [-0.2, 0) is 16.0 Å². The second-order valence-electron chi connectivity index (χ2n) is 6.11. The average Bonchev–Trinajstić information content (AvgIpc) is 3.15. The first-order valence-corrected chi connectivity index (χ1v) is 9.83. The summed E-state index contributed by atoms with van der Waals surface area (Å²) in [5.74, 6) is -0.0421. The number of benzene rings is 2.